The molecule has 9 rings (SSSR count). The maximum atomic E-state index is 6.47. The lowest BCUT2D eigenvalue weighted by Crippen LogP contribution is -2.25. The molecular weight excluding hydrogens is 550 g/mol. The van der Waals surface area contributed by atoms with Crippen LogP contribution in [0.5, 0.6) is 0 Å². The Balaban J connectivity index is 0.962. The highest BCUT2D eigenvalue weighted by molar-refractivity contribution is 6.17. The molecule has 4 nitrogen and oxygen atoms in total. The number of fused-ring (bicyclic) bond motifs is 7. The van der Waals surface area contributed by atoms with E-state index in [-0.39, 0.29) is 6.23 Å². The molecule has 1 atom stereocenters. The SMILES string of the molecule is C1=CC2=C(CC1)/C(=C/C=C/NC1=CC3=C(NC1)c1ccccc1C3)C(Nc1ccc3c(ccc4c5ccccc5ccc34)c1)O2. The monoisotopic (exact) mass is 583 g/mol. The Labute approximate surface area is 262 Å². The fourth-order valence-electron chi connectivity index (χ4n) is 7.31. The lowest BCUT2D eigenvalue weighted by Gasteiger charge is -2.19. The van der Waals surface area contributed by atoms with E-state index in [0.717, 1.165) is 37.3 Å². The molecule has 1 unspecified atom stereocenters. The number of anilines is 1. The van der Waals surface area contributed by atoms with Crippen LogP contribution in [-0.2, 0) is 11.2 Å². The van der Waals surface area contributed by atoms with Crippen molar-refractivity contribution in [2.75, 3.05) is 11.9 Å². The maximum absolute atomic E-state index is 6.47. The van der Waals surface area contributed by atoms with Gasteiger partial charge >= 0.3 is 0 Å². The summed E-state index contributed by atoms with van der Waals surface area (Å²) in [5.41, 5.74) is 10.0. The van der Waals surface area contributed by atoms with Crippen molar-refractivity contribution in [3.8, 4) is 0 Å². The standard InChI is InChI=1S/C41H33N3O/c1-3-10-32-26(8-1)15-18-36-33-20-17-30(23-28(33)16-19-35(32)36)44-41-38(37-12-5-6-14-39(37)45-41)13-7-21-42-31-24-29-22-27-9-2-4-11-34(27)40(29)43-25-31/h1-4,6-11,13-21,23-24,41-44H,5,12,22,25H2/b21-7+,38-13-. The van der Waals surface area contributed by atoms with Crippen LogP contribution in [0.1, 0.15) is 24.0 Å². The van der Waals surface area contributed by atoms with Crippen LogP contribution in [0.2, 0.25) is 0 Å². The topological polar surface area (TPSA) is 45.3 Å². The van der Waals surface area contributed by atoms with Crippen molar-refractivity contribution in [1.82, 2.24) is 10.6 Å². The van der Waals surface area contributed by atoms with Gasteiger partial charge < -0.3 is 20.7 Å². The number of rotatable bonds is 5. The van der Waals surface area contributed by atoms with Gasteiger partial charge in [-0.3, -0.25) is 0 Å². The molecule has 3 N–H and O–H groups in total. The van der Waals surface area contributed by atoms with Crippen molar-refractivity contribution in [2.45, 2.75) is 25.5 Å². The maximum Gasteiger partial charge on any atom is 0.196 e. The zero-order chi connectivity index (χ0) is 29.7. The molecule has 0 aromatic heterocycles. The minimum Gasteiger partial charge on any atom is -0.466 e. The first kappa shape index (κ1) is 26.0. The van der Waals surface area contributed by atoms with Gasteiger partial charge in [0.15, 0.2) is 6.23 Å². The van der Waals surface area contributed by atoms with E-state index in [9.17, 15) is 0 Å². The highest BCUT2D eigenvalue weighted by Gasteiger charge is 2.30. The summed E-state index contributed by atoms with van der Waals surface area (Å²) in [6, 6.07) is 32.9. The van der Waals surface area contributed by atoms with Gasteiger partial charge in [-0.15, -0.1) is 0 Å². The highest BCUT2D eigenvalue weighted by atomic mass is 16.5. The van der Waals surface area contributed by atoms with Crippen LogP contribution in [0.25, 0.3) is 38.0 Å². The van der Waals surface area contributed by atoms with Gasteiger partial charge in [-0.2, -0.15) is 0 Å². The molecule has 4 heteroatoms. The number of hydrogen-bond donors (Lipinski definition) is 3. The van der Waals surface area contributed by atoms with E-state index in [0.29, 0.717) is 0 Å². The summed E-state index contributed by atoms with van der Waals surface area (Å²) in [7, 11) is 0. The Bertz CT molecular complexity index is 2230. The molecule has 0 spiro atoms. The number of dihydropyridines is 1. The second kappa shape index (κ2) is 10.6. The Morgan fingerprint density at radius 2 is 1.64 bits per heavy atom. The molecule has 5 aromatic rings. The molecule has 45 heavy (non-hydrogen) atoms. The van der Waals surface area contributed by atoms with Crippen LogP contribution in [0, 0.1) is 0 Å². The van der Waals surface area contributed by atoms with Crippen LogP contribution in [-0.4, -0.2) is 12.8 Å². The van der Waals surface area contributed by atoms with Crippen LogP contribution >= 0.6 is 0 Å². The predicted octanol–water partition coefficient (Wildman–Crippen LogP) is 9.00. The van der Waals surface area contributed by atoms with E-state index < -0.39 is 0 Å². The normalized spacial score (nSPS) is 19.6. The molecule has 0 saturated heterocycles. The summed E-state index contributed by atoms with van der Waals surface area (Å²) in [5.74, 6) is 0.976. The first-order chi connectivity index (χ1) is 22.3. The smallest absolute Gasteiger partial charge is 0.196 e. The predicted molar refractivity (Wildman–Crippen MR) is 186 cm³/mol. The molecule has 0 radical (unpaired) electrons. The first-order valence-electron chi connectivity index (χ1n) is 15.9. The van der Waals surface area contributed by atoms with E-state index >= 15 is 0 Å². The second-order valence-electron chi connectivity index (χ2n) is 12.2. The molecule has 2 aliphatic carbocycles. The zero-order valence-corrected chi connectivity index (χ0v) is 24.9. The molecule has 5 aromatic carbocycles. The Hall–Kier alpha value is -5.48. The third-order valence-corrected chi connectivity index (χ3v) is 9.48. The molecule has 0 bridgehead atoms. The van der Waals surface area contributed by atoms with Crippen molar-refractivity contribution >= 4 is 43.7 Å². The number of hydrogen-bond acceptors (Lipinski definition) is 4. The van der Waals surface area contributed by atoms with Gasteiger partial charge in [-0.25, -0.2) is 0 Å². The fourth-order valence-corrected chi connectivity index (χ4v) is 7.31. The minimum atomic E-state index is -0.246. The van der Waals surface area contributed by atoms with Crippen molar-refractivity contribution < 1.29 is 4.74 Å². The van der Waals surface area contributed by atoms with Crippen LogP contribution in [0.3, 0.4) is 0 Å². The van der Waals surface area contributed by atoms with E-state index in [2.05, 4.69) is 137 Å². The summed E-state index contributed by atoms with van der Waals surface area (Å²) in [6.07, 6.45) is 15.7. The molecule has 2 heterocycles. The third kappa shape index (κ3) is 4.53. The molecule has 0 fully saturated rings. The summed E-state index contributed by atoms with van der Waals surface area (Å²) in [5, 5.41) is 18.4. The highest BCUT2D eigenvalue weighted by Crippen LogP contribution is 2.39. The zero-order valence-electron chi connectivity index (χ0n) is 24.9. The molecule has 4 aliphatic rings. The van der Waals surface area contributed by atoms with E-state index in [4.69, 9.17) is 4.74 Å². The van der Waals surface area contributed by atoms with E-state index in [1.54, 1.807) is 0 Å². The lowest BCUT2D eigenvalue weighted by molar-refractivity contribution is 0.199. The third-order valence-electron chi connectivity index (χ3n) is 9.48. The number of benzene rings is 5. The van der Waals surface area contributed by atoms with Gasteiger partial charge in [0.2, 0.25) is 0 Å². The average Bonchev–Trinajstić information content (AvgIpc) is 3.63. The van der Waals surface area contributed by atoms with Crippen LogP contribution in [0.15, 0.2) is 156 Å². The lowest BCUT2D eigenvalue weighted by atomic mass is 9.96. The average molecular weight is 584 g/mol. The second-order valence-corrected chi connectivity index (χ2v) is 12.2. The molecular formula is C41H33N3O. The van der Waals surface area contributed by atoms with Gasteiger partial charge in [-0.05, 0) is 86.7 Å². The molecule has 2 aliphatic heterocycles. The largest absolute Gasteiger partial charge is 0.466 e. The van der Waals surface area contributed by atoms with Crippen molar-refractivity contribution in [3.63, 3.8) is 0 Å². The quantitative estimate of drug-likeness (QED) is 0.181. The molecule has 0 saturated carbocycles. The minimum absolute atomic E-state index is 0.246. The van der Waals surface area contributed by atoms with E-state index in [1.165, 1.54) is 71.6 Å². The Kier molecular flexibility index (Phi) is 6.12. The van der Waals surface area contributed by atoms with Crippen molar-refractivity contribution in [1.29, 1.82) is 0 Å². The van der Waals surface area contributed by atoms with Gasteiger partial charge in [0, 0.05) is 46.4 Å². The summed E-state index contributed by atoms with van der Waals surface area (Å²) in [6.45, 7) is 0.787. The van der Waals surface area contributed by atoms with Gasteiger partial charge in [-0.1, -0.05) is 91.0 Å². The van der Waals surface area contributed by atoms with E-state index in [1.807, 2.05) is 6.20 Å². The Morgan fingerprint density at radius 1 is 0.822 bits per heavy atom. The van der Waals surface area contributed by atoms with Gasteiger partial charge in [0.1, 0.15) is 5.76 Å². The van der Waals surface area contributed by atoms with Crippen LogP contribution < -0.4 is 16.0 Å². The van der Waals surface area contributed by atoms with Gasteiger partial charge in [0.25, 0.3) is 0 Å². The van der Waals surface area contributed by atoms with Crippen molar-refractivity contribution in [2.24, 2.45) is 0 Å². The number of nitrogens with one attached hydrogen (secondary N) is 3. The molecule has 0 amide bonds. The Morgan fingerprint density at radius 3 is 2.60 bits per heavy atom. The number of ether oxygens (including phenoxy) is 1. The van der Waals surface area contributed by atoms with Crippen LogP contribution in [0.4, 0.5) is 5.69 Å². The fraction of sp³-hybridized carbons (Fsp3) is 0.122. The summed E-state index contributed by atoms with van der Waals surface area (Å²) in [4.78, 5) is 0. The summed E-state index contributed by atoms with van der Waals surface area (Å²) >= 11 is 0. The van der Waals surface area contributed by atoms with Crippen molar-refractivity contribution in [3.05, 3.63) is 167 Å². The first-order valence-corrected chi connectivity index (χ1v) is 15.9. The van der Waals surface area contributed by atoms with Gasteiger partial charge in [0.05, 0.1) is 6.54 Å². The molecule has 218 valence electrons. The number of allylic oxidation sites excluding steroid dienone is 6. The summed E-state index contributed by atoms with van der Waals surface area (Å²) < 4.78 is 6.47.